The second-order valence-corrected chi connectivity index (χ2v) is 19.3. The zero-order valence-corrected chi connectivity index (χ0v) is 45.8. The maximum Gasteiger partial charge on any atom is 0.414 e. The summed E-state index contributed by atoms with van der Waals surface area (Å²) in [4.78, 5) is 83.1. The topological polar surface area (TPSA) is 197 Å². The highest BCUT2D eigenvalue weighted by atomic mass is 16.6. The van der Waals surface area contributed by atoms with Crippen LogP contribution in [-0.2, 0) is 56.1 Å². The fourth-order valence-corrected chi connectivity index (χ4v) is 8.28. The molecule has 2 aromatic carbocycles. The van der Waals surface area contributed by atoms with Gasteiger partial charge in [0.15, 0.2) is 0 Å². The van der Waals surface area contributed by atoms with Crippen LogP contribution in [0.15, 0.2) is 65.7 Å². The van der Waals surface area contributed by atoms with E-state index in [1.807, 2.05) is 36.4 Å². The molecule has 3 amide bonds. The highest BCUT2D eigenvalue weighted by Gasteiger charge is 2.24. The maximum absolute atomic E-state index is 13.6. The van der Waals surface area contributed by atoms with E-state index >= 15 is 0 Å². The number of amides is 3. The van der Waals surface area contributed by atoms with Crippen molar-refractivity contribution in [2.45, 2.75) is 220 Å². The summed E-state index contributed by atoms with van der Waals surface area (Å²) in [6.45, 7) is 8.99. The molecule has 0 heterocycles. The molecule has 3 N–H and O–H groups in total. The molecule has 0 aliphatic heterocycles. The normalized spacial score (nSPS) is 12.1. The van der Waals surface area contributed by atoms with Gasteiger partial charge in [-0.3, -0.25) is 30.0 Å². The highest BCUT2D eigenvalue weighted by Crippen LogP contribution is 2.22. The molecule has 0 fully saturated rings. The number of benzene rings is 2. The predicted molar refractivity (Wildman–Crippen MR) is 291 cm³/mol. The van der Waals surface area contributed by atoms with Crippen LogP contribution in [0.25, 0.3) is 0 Å². The van der Waals surface area contributed by atoms with Crippen molar-refractivity contribution in [2.75, 3.05) is 26.4 Å². The molecule has 0 aliphatic carbocycles. The fraction of sp³-hybridized carbons (Fsp3) is 0.678. The Balaban J connectivity index is 2.05. The predicted octanol–water partition coefficient (Wildman–Crippen LogP) is 13.2. The molecule has 0 bridgehead atoms. The molecule has 0 saturated carbocycles. The van der Waals surface area contributed by atoms with Gasteiger partial charge in [0.05, 0.1) is 31.7 Å². The average Bonchev–Trinajstić information content (AvgIpc) is 3.40. The van der Waals surface area contributed by atoms with Crippen LogP contribution in [0.5, 0.6) is 0 Å². The quantitative estimate of drug-likeness (QED) is 0.0188. The first-order valence-electron chi connectivity index (χ1n) is 28.4. The summed E-state index contributed by atoms with van der Waals surface area (Å²) in [5.74, 6) is -1.81. The lowest BCUT2D eigenvalue weighted by Gasteiger charge is -2.18. The number of carbonyl (C=O) groups is 6. The fourth-order valence-electron chi connectivity index (χ4n) is 8.28. The van der Waals surface area contributed by atoms with Crippen LogP contribution in [0, 0.1) is 11.8 Å². The maximum atomic E-state index is 13.6. The van der Waals surface area contributed by atoms with Gasteiger partial charge in [0.2, 0.25) is 11.9 Å². The van der Waals surface area contributed by atoms with Crippen molar-refractivity contribution in [1.82, 2.24) is 16.0 Å². The van der Waals surface area contributed by atoms with Gasteiger partial charge in [0.1, 0.15) is 19.3 Å². The standard InChI is InChI=1S/C59H94N4O11/c1-5-9-13-16-17-27-39-51(38-26-15-11-7-3)55(66)70-43-29-20-28-40-53(64)61-52(56(67)72-45-31-30-44-71-54(65)50(36-12-8-4)37-25-14-10-6-2)41-42-60-57(62-58(68)73-46-48-32-21-18-22-33-48)63-59(69)74-47-49-34-23-19-24-35-49/h18-19,21-24,32-35,50-52H,5-17,20,25-31,36-47H2,1-4H3,(H,61,64)(H2,60,62,63,68,69). The molecule has 416 valence electrons. The van der Waals surface area contributed by atoms with E-state index < -0.39 is 24.2 Å². The number of carbonyl (C=O) groups excluding carboxylic acids is 6. The van der Waals surface area contributed by atoms with Gasteiger partial charge in [0.25, 0.3) is 0 Å². The van der Waals surface area contributed by atoms with E-state index in [1.54, 1.807) is 24.3 Å². The van der Waals surface area contributed by atoms with Crippen LogP contribution in [0.4, 0.5) is 9.59 Å². The average molecular weight is 1040 g/mol. The zero-order chi connectivity index (χ0) is 53.7. The van der Waals surface area contributed by atoms with Crippen molar-refractivity contribution in [3.05, 3.63) is 71.8 Å². The number of alkyl carbamates (subject to hydrolysis) is 2. The van der Waals surface area contributed by atoms with Crippen LogP contribution in [-0.4, -0.2) is 74.4 Å². The highest BCUT2D eigenvalue weighted by molar-refractivity contribution is 6.01. The lowest BCUT2D eigenvalue weighted by atomic mass is 9.94. The molecule has 0 aliphatic rings. The Kier molecular flexibility index (Phi) is 38.3. The summed E-state index contributed by atoms with van der Waals surface area (Å²) in [6, 6.07) is 17.0. The number of aliphatic imine (C=N–C) groups is 1. The van der Waals surface area contributed by atoms with Crippen LogP contribution < -0.4 is 16.0 Å². The Morgan fingerprint density at radius 3 is 1.30 bits per heavy atom. The van der Waals surface area contributed by atoms with E-state index in [9.17, 15) is 28.8 Å². The van der Waals surface area contributed by atoms with E-state index in [-0.39, 0.29) is 88.1 Å². The molecule has 3 atom stereocenters. The van der Waals surface area contributed by atoms with Crippen LogP contribution in [0.1, 0.15) is 212 Å². The second kappa shape index (κ2) is 43.9. The van der Waals surface area contributed by atoms with Gasteiger partial charge in [-0.1, -0.05) is 191 Å². The zero-order valence-electron chi connectivity index (χ0n) is 45.8. The summed E-state index contributed by atoms with van der Waals surface area (Å²) in [5.41, 5.74) is 1.50. The smallest absolute Gasteiger partial charge is 0.414 e. The summed E-state index contributed by atoms with van der Waals surface area (Å²) >= 11 is 0. The number of guanidine groups is 1. The minimum absolute atomic E-state index is 0.0362. The molecular formula is C59H94N4O11. The van der Waals surface area contributed by atoms with Gasteiger partial charge in [0, 0.05) is 13.0 Å². The number of nitrogens with one attached hydrogen (secondary N) is 3. The van der Waals surface area contributed by atoms with Gasteiger partial charge >= 0.3 is 30.1 Å². The molecule has 0 aromatic heterocycles. The Morgan fingerprint density at radius 1 is 0.432 bits per heavy atom. The van der Waals surface area contributed by atoms with Crippen molar-refractivity contribution >= 4 is 42.0 Å². The van der Waals surface area contributed by atoms with Crippen molar-refractivity contribution in [1.29, 1.82) is 0 Å². The molecule has 3 unspecified atom stereocenters. The molecule has 0 saturated heterocycles. The van der Waals surface area contributed by atoms with Crippen LogP contribution in [0.3, 0.4) is 0 Å². The first kappa shape index (κ1) is 64.6. The largest absolute Gasteiger partial charge is 0.465 e. The summed E-state index contributed by atoms with van der Waals surface area (Å²) in [7, 11) is 0. The van der Waals surface area contributed by atoms with Crippen LogP contribution in [0.2, 0.25) is 0 Å². The Hall–Kier alpha value is -5.47. The van der Waals surface area contributed by atoms with Gasteiger partial charge in [-0.2, -0.15) is 0 Å². The van der Waals surface area contributed by atoms with E-state index in [4.69, 9.17) is 23.7 Å². The van der Waals surface area contributed by atoms with Crippen molar-refractivity contribution in [2.24, 2.45) is 16.8 Å². The molecule has 0 spiro atoms. The number of hydrogen-bond acceptors (Lipinski definition) is 12. The van der Waals surface area contributed by atoms with Crippen molar-refractivity contribution in [3.8, 4) is 0 Å². The third-order valence-electron chi connectivity index (χ3n) is 12.8. The van der Waals surface area contributed by atoms with Gasteiger partial charge in [-0.15, -0.1) is 0 Å². The third-order valence-corrected chi connectivity index (χ3v) is 12.8. The number of hydrogen-bond donors (Lipinski definition) is 3. The number of nitrogens with zero attached hydrogens (tertiary/aromatic N) is 1. The lowest BCUT2D eigenvalue weighted by Crippen LogP contribution is -2.45. The van der Waals surface area contributed by atoms with Crippen molar-refractivity contribution in [3.63, 3.8) is 0 Å². The Morgan fingerprint density at radius 2 is 0.824 bits per heavy atom. The molecular weight excluding hydrogens is 941 g/mol. The molecule has 74 heavy (non-hydrogen) atoms. The SMILES string of the molecule is CCCCCCCCC(CCCCCC)C(=O)OCCCCCC(=O)NC(CCN=C(NC(=O)OCc1ccccc1)NC(=O)OCc1ccccc1)C(=O)OCCCCOC(=O)C(CCCC)CCCCCC. The lowest BCUT2D eigenvalue weighted by molar-refractivity contribution is -0.151. The molecule has 0 radical (unpaired) electrons. The first-order valence-corrected chi connectivity index (χ1v) is 28.4. The summed E-state index contributed by atoms with van der Waals surface area (Å²) in [6.07, 6.45) is 22.2. The van der Waals surface area contributed by atoms with Gasteiger partial charge < -0.3 is 29.0 Å². The van der Waals surface area contributed by atoms with E-state index in [2.05, 4.69) is 48.6 Å². The van der Waals surface area contributed by atoms with Gasteiger partial charge in [-0.05, 0) is 75.3 Å². The number of esters is 3. The van der Waals surface area contributed by atoms with E-state index in [0.29, 0.717) is 32.1 Å². The molecule has 2 rings (SSSR count). The molecule has 15 heteroatoms. The van der Waals surface area contributed by atoms with Crippen molar-refractivity contribution < 1.29 is 52.5 Å². The monoisotopic (exact) mass is 1030 g/mol. The Labute approximate surface area is 444 Å². The van der Waals surface area contributed by atoms with E-state index in [0.717, 1.165) is 107 Å². The van der Waals surface area contributed by atoms with E-state index in [1.165, 1.54) is 32.1 Å². The minimum atomic E-state index is -1.12. The number of ether oxygens (including phenoxy) is 5. The van der Waals surface area contributed by atoms with Gasteiger partial charge in [-0.25, -0.2) is 14.4 Å². The molecule has 15 nitrogen and oxygen atoms in total. The summed E-state index contributed by atoms with van der Waals surface area (Å²) < 4.78 is 27.7. The first-order chi connectivity index (χ1) is 36.1. The van der Waals surface area contributed by atoms with Crippen LogP contribution >= 0.6 is 0 Å². The minimum Gasteiger partial charge on any atom is -0.465 e. The molecule has 2 aromatic rings. The third kappa shape index (κ3) is 33.4. The Bertz CT molecular complexity index is 1770. The second-order valence-electron chi connectivity index (χ2n) is 19.3. The number of unbranched alkanes of at least 4 members (excludes halogenated alkanes) is 15. The summed E-state index contributed by atoms with van der Waals surface area (Å²) in [5, 5.41) is 7.69. The number of rotatable bonds is 42.